The van der Waals surface area contributed by atoms with Crippen molar-refractivity contribution < 1.29 is 13.2 Å². The van der Waals surface area contributed by atoms with Gasteiger partial charge >= 0.3 is 0 Å². The van der Waals surface area contributed by atoms with Crippen molar-refractivity contribution in [1.29, 1.82) is 0 Å². The average Bonchev–Trinajstić information content (AvgIpc) is 2.70. The molecule has 0 aromatic heterocycles. The quantitative estimate of drug-likeness (QED) is 0.372. The maximum Gasteiger partial charge on any atom is 0.240 e. The first-order valence-corrected chi connectivity index (χ1v) is 12.2. The van der Waals surface area contributed by atoms with Crippen LogP contribution < -0.4 is 20.7 Å². The Kier molecular flexibility index (Phi) is 12.3. The Morgan fingerprint density at radius 2 is 1.81 bits per heavy atom. The van der Waals surface area contributed by atoms with Gasteiger partial charge in [0.15, 0.2) is 0 Å². The summed E-state index contributed by atoms with van der Waals surface area (Å²) in [7, 11) is -3.49. The zero-order valence-electron chi connectivity index (χ0n) is 18.1. The number of nitrogens with one attached hydrogen (secondary N) is 4. The van der Waals surface area contributed by atoms with Crippen LogP contribution in [0.2, 0.25) is 0 Å². The number of halogens is 2. The minimum atomic E-state index is -3.49. The lowest BCUT2D eigenvalue weighted by atomic mass is 9.80. The van der Waals surface area contributed by atoms with Crippen LogP contribution in [0.5, 0.6) is 0 Å². The Labute approximate surface area is 198 Å². The van der Waals surface area contributed by atoms with Crippen molar-refractivity contribution in [3.05, 3.63) is 29.8 Å². The van der Waals surface area contributed by atoms with Crippen LogP contribution in [0.15, 0.2) is 29.2 Å². The molecule has 7 nitrogen and oxygen atoms in total. The van der Waals surface area contributed by atoms with Gasteiger partial charge in [-0.2, -0.15) is 0 Å². The van der Waals surface area contributed by atoms with E-state index in [1.165, 1.54) is 6.42 Å². The molecule has 3 atom stereocenters. The number of hydrogen-bond donors (Lipinski definition) is 4. The maximum atomic E-state index is 12.2. The van der Waals surface area contributed by atoms with Gasteiger partial charge in [0, 0.05) is 25.6 Å². The third kappa shape index (κ3) is 8.86. The first-order chi connectivity index (χ1) is 13.9. The number of rotatable bonds is 10. The molecular formula is C21H36Cl2N4O3S. The van der Waals surface area contributed by atoms with Crippen molar-refractivity contribution in [3.8, 4) is 0 Å². The molecule has 4 N–H and O–H groups in total. The summed E-state index contributed by atoms with van der Waals surface area (Å²) in [6, 6.07) is 7.28. The highest BCUT2D eigenvalue weighted by Crippen LogP contribution is 2.26. The van der Waals surface area contributed by atoms with Gasteiger partial charge in [0.2, 0.25) is 15.9 Å². The van der Waals surface area contributed by atoms with Gasteiger partial charge in [-0.3, -0.25) is 4.79 Å². The number of piperidine rings is 2. The highest BCUT2D eigenvalue weighted by atomic mass is 35.5. The van der Waals surface area contributed by atoms with E-state index in [1.807, 2.05) is 6.92 Å². The van der Waals surface area contributed by atoms with Crippen molar-refractivity contribution in [2.24, 2.45) is 11.8 Å². The van der Waals surface area contributed by atoms with Crippen molar-refractivity contribution in [2.45, 2.75) is 50.0 Å². The van der Waals surface area contributed by atoms with E-state index in [0.717, 1.165) is 44.0 Å². The Bertz CT molecular complexity index is 777. The summed E-state index contributed by atoms with van der Waals surface area (Å²) in [5.74, 6) is 1.49. The molecule has 2 heterocycles. The minimum absolute atomic E-state index is 0. The van der Waals surface area contributed by atoms with Crippen LogP contribution >= 0.6 is 24.8 Å². The van der Waals surface area contributed by atoms with Crippen LogP contribution in [0.4, 0.5) is 0 Å². The Morgan fingerprint density at radius 3 is 2.55 bits per heavy atom. The highest BCUT2D eigenvalue weighted by Gasteiger charge is 2.32. The van der Waals surface area contributed by atoms with Gasteiger partial charge in [-0.25, -0.2) is 13.1 Å². The number of amides is 1. The fourth-order valence-corrected chi connectivity index (χ4v) is 5.32. The van der Waals surface area contributed by atoms with E-state index in [1.54, 1.807) is 24.3 Å². The van der Waals surface area contributed by atoms with Crippen LogP contribution in [-0.4, -0.2) is 53.1 Å². The Morgan fingerprint density at radius 1 is 1.06 bits per heavy atom. The minimum Gasteiger partial charge on any atom is -0.356 e. The fourth-order valence-electron chi connectivity index (χ4n) is 4.25. The molecule has 2 aliphatic rings. The molecule has 178 valence electrons. The van der Waals surface area contributed by atoms with E-state index in [0.29, 0.717) is 37.9 Å². The summed E-state index contributed by atoms with van der Waals surface area (Å²) in [5.41, 5.74) is 1.02. The summed E-state index contributed by atoms with van der Waals surface area (Å²) >= 11 is 0. The molecule has 0 unspecified atom stereocenters. The van der Waals surface area contributed by atoms with E-state index in [4.69, 9.17) is 0 Å². The molecule has 10 heteroatoms. The summed E-state index contributed by atoms with van der Waals surface area (Å²) in [6.07, 6.45) is 4.30. The second-order valence-electron chi connectivity index (χ2n) is 8.34. The van der Waals surface area contributed by atoms with Crippen LogP contribution in [0, 0.1) is 18.8 Å². The van der Waals surface area contributed by atoms with Crippen LogP contribution in [0.3, 0.4) is 0 Å². The second-order valence-corrected chi connectivity index (χ2v) is 10.1. The number of fused-ring (bicyclic) bond motifs is 2. The predicted octanol–water partition coefficient (Wildman–Crippen LogP) is 1.99. The molecule has 0 saturated carbocycles. The topological polar surface area (TPSA) is 99.3 Å². The third-order valence-corrected chi connectivity index (χ3v) is 7.41. The molecule has 3 rings (SSSR count). The van der Waals surface area contributed by atoms with Crippen LogP contribution in [-0.2, 0) is 14.8 Å². The number of benzene rings is 1. The van der Waals surface area contributed by atoms with Gasteiger partial charge in [-0.1, -0.05) is 17.7 Å². The first-order valence-electron chi connectivity index (χ1n) is 10.7. The molecule has 1 aromatic rings. The summed E-state index contributed by atoms with van der Waals surface area (Å²) in [5, 5.41) is 10.1. The molecule has 0 spiro atoms. The lowest BCUT2D eigenvalue weighted by molar-refractivity contribution is -0.121. The van der Waals surface area contributed by atoms with Gasteiger partial charge in [0.25, 0.3) is 0 Å². The molecule has 2 fully saturated rings. The number of aryl methyl sites for hydroxylation is 1. The molecule has 31 heavy (non-hydrogen) atoms. The van der Waals surface area contributed by atoms with E-state index < -0.39 is 10.0 Å². The van der Waals surface area contributed by atoms with Gasteiger partial charge in [-0.15, -0.1) is 24.8 Å². The summed E-state index contributed by atoms with van der Waals surface area (Å²) < 4.78 is 27.0. The molecule has 2 bridgehead atoms. The molecular weight excluding hydrogens is 459 g/mol. The van der Waals surface area contributed by atoms with E-state index in [9.17, 15) is 13.2 Å². The predicted molar refractivity (Wildman–Crippen MR) is 129 cm³/mol. The smallest absolute Gasteiger partial charge is 0.240 e. The second kappa shape index (κ2) is 13.6. The summed E-state index contributed by atoms with van der Waals surface area (Å²) in [4.78, 5) is 12.3. The zero-order valence-corrected chi connectivity index (χ0v) is 20.5. The van der Waals surface area contributed by atoms with Gasteiger partial charge in [0.05, 0.1) is 4.90 Å². The number of hydrogen-bond acceptors (Lipinski definition) is 5. The first kappa shape index (κ1) is 28.1. The Balaban J connectivity index is 0.00000240. The fraction of sp³-hybridized carbons (Fsp3) is 0.667. The molecule has 0 radical (unpaired) electrons. The summed E-state index contributed by atoms with van der Waals surface area (Å²) in [6.45, 7) is 5.99. The molecule has 1 aromatic carbocycles. The number of carbonyl (C=O) groups is 1. The van der Waals surface area contributed by atoms with Crippen molar-refractivity contribution in [3.63, 3.8) is 0 Å². The molecule has 1 amide bonds. The Hall–Kier alpha value is -0.900. The van der Waals surface area contributed by atoms with Crippen LogP contribution in [0.25, 0.3) is 0 Å². The van der Waals surface area contributed by atoms with E-state index in [2.05, 4.69) is 20.7 Å². The lowest BCUT2D eigenvalue weighted by Crippen LogP contribution is -2.54. The SMILES string of the molecule is Cc1ccc(S(=O)(=O)NCCCNC(=O)CCC[C@@H]2NC[C@@H]3CNC[C@H]2C3)cc1.Cl.Cl. The number of carbonyl (C=O) groups excluding carboxylic acids is 1. The third-order valence-electron chi connectivity index (χ3n) is 5.93. The van der Waals surface area contributed by atoms with Crippen molar-refractivity contribution in [2.75, 3.05) is 32.7 Å². The van der Waals surface area contributed by atoms with Gasteiger partial charge < -0.3 is 16.0 Å². The van der Waals surface area contributed by atoms with Crippen molar-refractivity contribution >= 4 is 40.7 Å². The normalized spacial score (nSPS) is 22.7. The van der Waals surface area contributed by atoms with Gasteiger partial charge in [-0.05, 0) is 76.2 Å². The standard InChI is InChI=1S/C21H34N4O3S.2ClH/c1-16-6-8-19(9-7-16)29(27,28)25-11-3-10-23-21(26)5-2-4-20-18-12-17(14-24-20)13-22-15-18;;/h6-9,17-18,20,22,24-25H,2-5,10-15H2,1H3,(H,23,26);2*1H/t17-,18+,20-;;/m0../s1. The lowest BCUT2D eigenvalue weighted by Gasteiger charge is -2.41. The van der Waals surface area contributed by atoms with E-state index in [-0.39, 0.29) is 35.6 Å². The average molecular weight is 496 g/mol. The monoisotopic (exact) mass is 494 g/mol. The molecule has 0 aliphatic carbocycles. The zero-order chi connectivity index (χ0) is 20.7. The van der Waals surface area contributed by atoms with E-state index >= 15 is 0 Å². The maximum absolute atomic E-state index is 12.2. The highest BCUT2D eigenvalue weighted by molar-refractivity contribution is 7.89. The molecule has 2 aliphatic heterocycles. The van der Waals surface area contributed by atoms with Crippen LogP contribution in [0.1, 0.15) is 37.7 Å². The molecule has 2 saturated heterocycles. The largest absolute Gasteiger partial charge is 0.356 e. The van der Waals surface area contributed by atoms with Crippen molar-refractivity contribution in [1.82, 2.24) is 20.7 Å². The van der Waals surface area contributed by atoms with Gasteiger partial charge in [0.1, 0.15) is 0 Å². The number of sulfonamides is 1.